The van der Waals surface area contributed by atoms with E-state index in [1.165, 1.54) is 5.01 Å². The highest BCUT2D eigenvalue weighted by atomic mass is 35.5. The number of carbonyl (C=O) groups is 1. The van der Waals surface area contributed by atoms with Crippen LogP contribution in [0, 0.1) is 5.41 Å². The summed E-state index contributed by atoms with van der Waals surface area (Å²) in [5.41, 5.74) is 0.541. The van der Waals surface area contributed by atoms with Gasteiger partial charge in [-0.1, -0.05) is 23.7 Å². The van der Waals surface area contributed by atoms with Gasteiger partial charge in [-0.2, -0.15) is 5.10 Å². The SMILES string of the molecule is CC1(C)C=NN(Cc2ccc(Cl)cc2)C1=O. The Hall–Kier alpha value is -1.35. The molecule has 0 aliphatic carbocycles. The number of carbonyl (C=O) groups excluding carboxylic acids is 1. The molecule has 0 unspecified atom stereocenters. The maximum absolute atomic E-state index is 11.9. The molecular formula is C12H13ClN2O. The van der Waals surface area contributed by atoms with Crippen molar-refractivity contribution in [3.05, 3.63) is 34.9 Å². The van der Waals surface area contributed by atoms with Gasteiger partial charge in [0.05, 0.1) is 12.0 Å². The van der Waals surface area contributed by atoms with E-state index in [0.717, 1.165) is 5.56 Å². The third-order valence-electron chi connectivity index (χ3n) is 2.55. The van der Waals surface area contributed by atoms with Gasteiger partial charge in [-0.3, -0.25) is 4.79 Å². The van der Waals surface area contributed by atoms with Gasteiger partial charge in [0.1, 0.15) is 0 Å². The average molecular weight is 237 g/mol. The first kappa shape index (κ1) is 11.1. The molecule has 1 amide bonds. The molecule has 0 fully saturated rings. The number of rotatable bonds is 2. The van der Waals surface area contributed by atoms with E-state index in [1.807, 2.05) is 38.1 Å². The summed E-state index contributed by atoms with van der Waals surface area (Å²) < 4.78 is 0. The zero-order valence-corrected chi connectivity index (χ0v) is 10.0. The van der Waals surface area contributed by atoms with Crippen molar-refractivity contribution in [1.29, 1.82) is 0 Å². The smallest absolute Gasteiger partial charge is 0.254 e. The first-order valence-corrected chi connectivity index (χ1v) is 5.48. The third kappa shape index (κ3) is 2.09. The lowest BCUT2D eigenvalue weighted by molar-refractivity contribution is -0.135. The Morgan fingerprint density at radius 2 is 1.94 bits per heavy atom. The average Bonchev–Trinajstić information content (AvgIpc) is 2.49. The summed E-state index contributed by atoms with van der Waals surface area (Å²) in [5.74, 6) is 0.0300. The van der Waals surface area contributed by atoms with Crippen LogP contribution in [0.4, 0.5) is 0 Å². The lowest BCUT2D eigenvalue weighted by atomic mass is 9.95. The maximum Gasteiger partial charge on any atom is 0.254 e. The Labute approximate surface area is 99.7 Å². The van der Waals surface area contributed by atoms with Gasteiger partial charge in [0, 0.05) is 11.2 Å². The van der Waals surface area contributed by atoms with E-state index < -0.39 is 5.41 Å². The van der Waals surface area contributed by atoms with Crippen LogP contribution in [-0.2, 0) is 11.3 Å². The lowest BCUT2D eigenvalue weighted by Gasteiger charge is -2.17. The molecule has 0 saturated heterocycles. The van der Waals surface area contributed by atoms with Crippen LogP contribution in [-0.4, -0.2) is 17.1 Å². The molecular weight excluding hydrogens is 224 g/mol. The molecule has 1 aliphatic heterocycles. The largest absolute Gasteiger partial charge is 0.272 e. The molecule has 3 nitrogen and oxygen atoms in total. The van der Waals surface area contributed by atoms with E-state index >= 15 is 0 Å². The van der Waals surface area contributed by atoms with E-state index in [9.17, 15) is 4.79 Å². The minimum atomic E-state index is -0.480. The fourth-order valence-electron chi connectivity index (χ4n) is 1.53. The van der Waals surface area contributed by atoms with Crippen molar-refractivity contribution in [1.82, 2.24) is 5.01 Å². The number of hydrazone groups is 1. The second-order valence-corrected chi connectivity index (χ2v) is 4.89. The van der Waals surface area contributed by atoms with Gasteiger partial charge < -0.3 is 0 Å². The standard InChI is InChI=1S/C12H13ClN2O/c1-12(2)8-14-15(11(12)16)7-9-3-5-10(13)6-4-9/h3-6,8H,7H2,1-2H3. The number of benzene rings is 1. The molecule has 0 aromatic heterocycles. The van der Waals surface area contributed by atoms with Crippen molar-refractivity contribution in [2.45, 2.75) is 20.4 Å². The minimum absolute atomic E-state index is 0.0300. The monoisotopic (exact) mass is 236 g/mol. The molecule has 0 atom stereocenters. The second-order valence-electron chi connectivity index (χ2n) is 4.46. The van der Waals surface area contributed by atoms with Crippen LogP contribution in [0.5, 0.6) is 0 Å². The number of hydrogen-bond donors (Lipinski definition) is 0. The number of hydrogen-bond acceptors (Lipinski definition) is 2. The molecule has 1 aromatic rings. The zero-order valence-electron chi connectivity index (χ0n) is 9.27. The van der Waals surface area contributed by atoms with Crippen LogP contribution in [0.1, 0.15) is 19.4 Å². The highest BCUT2D eigenvalue weighted by Crippen LogP contribution is 2.24. The van der Waals surface area contributed by atoms with E-state index in [-0.39, 0.29) is 5.91 Å². The Kier molecular flexibility index (Phi) is 2.72. The Bertz CT molecular complexity index is 437. The van der Waals surface area contributed by atoms with Crippen molar-refractivity contribution in [2.75, 3.05) is 0 Å². The van der Waals surface area contributed by atoms with E-state index in [0.29, 0.717) is 11.6 Å². The molecule has 4 heteroatoms. The van der Waals surface area contributed by atoms with Crippen LogP contribution >= 0.6 is 11.6 Å². The van der Waals surface area contributed by atoms with Crippen molar-refractivity contribution >= 4 is 23.7 Å². The fourth-order valence-corrected chi connectivity index (χ4v) is 1.66. The van der Waals surface area contributed by atoms with Crippen LogP contribution in [0.15, 0.2) is 29.4 Å². The molecule has 1 aliphatic rings. The summed E-state index contributed by atoms with van der Waals surface area (Å²) >= 11 is 5.79. The molecule has 1 aromatic carbocycles. The quantitative estimate of drug-likeness (QED) is 0.777. The van der Waals surface area contributed by atoms with Gasteiger partial charge in [-0.05, 0) is 31.5 Å². The van der Waals surface area contributed by atoms with E-state index in [2.05, 4.69) is 5.10 Å². The second kappa shape index (κ2) is 3.91. The van der Waals surface area contributed by atoms with E-state index in [1.54, 1.807) is 6.21 Å². The summed E-state index contributed by atoms with van der Waals surface area (Å²) in [5, 5.41) is 6.30. The van der Waals surface area contributed by atoms with Crippen LogP contribution in [0.25, 0.3) is 0 Å². The molecule has 0 saturated carbocycles. The summed E-state index contributed by atoms with van der Waals surface area (Å²) in [4.78, 5) is 11.9. The lowest BCUT2D eigenvalue weighted by Crippen LogP contribution is -2.31. The van der Waals surface area contributed by atoms with Crippen molar-refractivity contribution in [3.63, 3.8) is 0 Å². The summed E-state index contributed by atoms with van der Waals surface area (Å²) in [6.07, 6.45) is 1.69. The normalized spacial score (nSPS) is 18.2. The van der Waals surface area contributed by atoms with Gasteiger partial charge in [0.25, 0.3) is 5.91 Å². The van der Waals surface area contributed by atoms with Crippen LogP contribution in [0.2, 0.25) is 5.02 Å². The Morgan fingerprint density at radius 3 is 2.44 bits per heavy atom. The molecule has 16 heavy (non-hydrogen) atoms. The van der Waals surface area contributed by atoms with Gasteiger partial charge in [-0.15, -0.1) is 0 Å². The number of nitrogens with zero attached hydrogens (tertiary/aromatic N) is 2. The van der Waals surface area contributed by atoms with Crippen molar-refractivity contribution in [3.8, 4) is 0 Å². The molecule has 0 radical (unpaired) electrons. The number of halogens is 1. The van der Waals surface area contributed by atoms with Crippen LogP contribution < -0.4 is 0 Å². The fraction of sp³-hybridized carbons (Fsp3) is 0.333. The predicted molar refractivity (Wildman–Crippen MR) is 64.3 cm³/mol. The zero-order chi connectivity index (χ0) is 11.8. The van der Waals surface area contributed by atoms with Gasteiger partial charge >= 0.3 is 0 Å². The highest BCUT2D eigenvalue weighted by molar-refractivity contribution is 6.30. The maximum atomic E-state index is 11.9. The molecule has 0 bridgehead atoms. The van der Waals surface area contributed by atoms with Crippen molar-refractivity contribution < 1.29 is 4.79 Å². The Morgan fingerprint density at radius 1 is 1.31 bits per heavy atom. The number of amides is 1. The van der Waals surface area contributed by atoms with Gasteiger partial charge in [0.2, 0.25) is 0 Å². The molecule has 2 rings (SSSR count). The van der Waals surface area contributed by atoms with E-state index in [4.69, 9.17) is 11.6 Å². The van der Waals surface area contributed by atoms with Gasteiger partial charge in [0.15, 0.2) is 0 Å². The highest BCUT2D eigenvalue weighted by Gasteiger charge is 2.35. The summed E-state index contributed by atoms with van der Waals surface area (Å²) in [7, 11) is 0. The van der Waals surface area contributed by atoms with Crippen LogP contribution in [0.3, 0.4) is 0 Å². The minimum Gasteiger partial charge on any atom is -0.272 e. The first-order valence-electron chi connectivity index (χ1n) is 5.10. The molecule has 84 valence electrons. The summed E-state index contributed by atoms with van der Waals surface area (Å²) in [6.45, 7) is 4.22. The Balaban J connectivity index is 2.10. The van der Waals surface area contributed by atoms with Crippen molar-refractivity contribution in [2.24, 2.45) is 10.5 Å². The van der Waals surface area contributed by atoms with Gasteiger partial charge in [-0.25, -0.2) is 5.01 Å². The molecule has 0 spiro atoms. The predicted octanol–water partition coefficient (Wildman–Crippen LogP) is 2.69. The summed E-state index contributed by atoms with van der Waals surface area (Å²) in [6, 6.07) is 7.42. The molecule has 1 heterocycles. The topological polar surface area (TPSA) is 32.7 Å². The third-order valence-corrected chi connectivity index (χ3v) is 2.80. The first-order chi connectivity index (χ1) is 7.49. The molecule has 0 N–H and O–H groups in total.